The number of anilines is 2. The van der Waals surface area contributed by atoms with Crippen LogP contribution in [0.4, 0.5) is 11.4 Å². The molecule has 1 saturated heterocycles. The van der Waals surface area contributed by atoms with Crippen LogP contribution in [0.3, 0.4) is 0 Å². The molecule has 0 spiro atoms. The number of benzene rings is 2. The summed E-state index contributed by atoms with van der Waals surface area (Å²) >= 11 is 6.17. The van der Waals surface area contributed by atoms with Gasteiger partial charge in [-0.3, -0.25) is 4.79 Å². The molecule has 25 heavy (non-hydrogen) atoms. The van der Waals surface area contributed by atoms with Crippen LogP contribution in [0.1, 0.15) is 22.8 Å². The summed E-state index contributed by atoms with van der Waals surface area (Å²) in [4.78, 5) is 17.2. The first kappa shape index (κ1) is 17.8. The van der Waals surface area contributed by atoms with Crippen molar-refractivity contribution in [2.24, 2.45) is 0 Å². The molecule has 0 radical (unpaired) electrons. The minimum absolute atomic E-state index is 0.111. The third-order valence-electron chi connectivity index (χ3n) is 4.68. The van der Waals surface area contributed by atoms with Crippen LogP contribution in [0.15, 0.2) is 42.5 Å². The van der Waals surface area contributed by atoms with Crippen molar-refractivity contribution in [1.82, 2.24) is 4.90 Å². The molecule has 1 aliphatic heterocycles. The van der Waals surface area contributed by atoms with Crippen LogP contribution in [0.5, 0.6) is 0 Å². The van der Waals surface area contributed by atoms with Gasteiger partial charge in [0.25, 0.3) is 5.91 Å². The molecule has 1 amide bonds. The third kappa shape index (κ3) is 4.33. The molecule has 2 aromatic carbocycles. The van der Waals surface area contributed by atoms with Gasteiger partial charge in [-0.15, -0.1) is 0 Å². The van der Waals surface area contributed by atoms with Gasteiger partial charge in [0.2, 0.25) is 0 Å². The number of hydrogen-bond donors (Lipinski definition) is 1. The van der Waals surface area contributed by atoms with Gasteiger partial charge in [-0.1, -0.05) is 30.7 Å². The van der Waals surface area contributed by atoms with Gasteiger partial charge in [-0.05, 0) is 49.4 Å². The Balaban J connectivity index is 1.80. The van der Waals surface area contributed by atoms with E-state index in [4.69, 9.17) is 11.6 Å². The Morgan fingerprint density at radius 2 is 1.76 bits per heavy atom. The minimum Gasteiger partial charge on any atom is -0.367 e. The molecule has 1 fully saturated rings. The zero-order chi connectivity index (χ0) is 17.8. The van der Waals surface area contributed by atoms with Crippen molar-refractivity contribution < 1.29 is 4.79 Å². The highest BCUT2D eigenvalue weighted by molar-refractivity contribution is 6.31. The molecular weight excluding hydrogens is 334 g/mol. The minimum atomic E-state index is -0.111. The van der Waals surface area contributed by atoms with Crippen LogP contribution < -0.4 is 10.2 Å². The van der Waals surface area contributed by atoms with Gasteiger partial charge in [-0.25, -0.2) is 0 Å². The molecule has 1 N–H and O–H groups in total. The highest BCUT2D eigenvalue weighted by Gasteiger charge is 2.18. The topological polar surface area (TPSA) is 35.6 Å². The lowest BCUT2D eigenvalue weighted by Gasteiger charge is -2.35. The average Bonchev–Trinajstić information content (AvgIpc) is 2.63. The zero-order valence-electron chi connectivity index (χ0n) is 14.8. The molecule has 1 aliphatic rings. The van der Waals surface area contributed by atoms with Gasteiger partial charge in [0.15, 0.2) is 0 Å². The second-order valence-corrected chi connectivity index (χ2v) is 6.89. The van der Waals surface area contributed by atoms with Crippen LogP contribution >= 0.6 is 11.6 Å². The summed E-state index contributed by atoms with van der Waals surface area (Å²) in [6, 6.07) is 13.4. The summed E-state index contributed by atoms with van der Waals surface area (Å²) in [5.74, 6) is -0.111. The maximum Gasteiger partial charge on any atom is 0.255 e. The predicted molar refractivity (Wildman–Crippen MR) is 105 cm³/mol. The number of amides is 1. The summed E-state index contributed by atoms with van der Waals surface area (Å²) < 4.78 is 0. The number of hydrogen-bond acceptors (Lipinski definition) is 3. The van der Waals surface area contributed by atoms with E-state index in [2.05, 4.69) is 29.1 Å². The predicted octanol–water partition coefficient (Wildman–Crippen LogP) is 3.91. The lowest BCUT2D eigenvalue weighted by atomic mass is 10.1. The quantitative estimate of drug-likeness (QED) is 0.901. The SMILES string of the molecule is CCc1ccc(C(=O)Nc2cc(Cl)ccc2N2CCN(C)CC2)cc1. The number of aryl methyl sites for hydroxylation is 1. The standard InChI is InChI=1S/C20H24ClN3O/c1-3-15-4-6-16(7-5-15)20(25)22-18-14-17(21)8-9-19(18)24-12-10-23(2)11-13-24/h4-9,14H,3,10-13H2,1-2H3,(H,22,25). The number of nitrogens with one attached hydrogen (secondary N) is 1. The van der Waals surface area contributed by atoms with Crippen molar-refractivity contribution in [3.05, 3.63) is 58.6 Å². The van der Waals surface area contributed by atoms with E-state index in [0.717, 1.165) is 44.0 Å². The van der Waals surface area contributed by atoms with Crippen molar-refractivity contribution in [1.29, 1.82) is 0 Å². The molecule has 0 aliphatic carbocycles. The van der Waals surface area contributed by atoms with Crippen molar-refractivity contribution >= 4 is 28.9 Å². The number of halogens is 1. The van der Waals surface area contributed by atoms with Crippen molar-refractivity contribution in [3.8, 4) is 0 Å². The Hall–Kier alpha value is -2.04. The van der Waals surface area contributed by atoms with Gasteiger partial charge in [-0.2, -0.15) is 0 Å². The highest BCUT2D eigenvalue weighted by atomic mass is 35.5. The second kappa shape index (κ2) is 7.89. The van der Waals surface area contributed by atoms with Crippen molar-refractivity contribution in [2.75, 3.05) is 43.4 Å². The Bertz CT molecular complexity index is 737. The Labute approximate surface area is 154 Å². The smallest absolute Gasteiger partial charge is 0.255 e. The largest absolute Gasteiger partial charge is 0.367 e. The van der Waals surface area contributed by atoms with Crippen LogP contribution in [-0.2, 0) is 6.42 Å². The molecule has 0 saturated carbocycles. The summed E-state index contributed by atoms with van der Waals surface area (Å²) in [5.41, 5.74) is 3.66. The number of rotatable bonds is 4. The van der Waals surface area contributed by atoms with Crippen LogP contribution in [0, 0.1) is 0 Å². The van der Waals surface area contributed by atoms with E-state index in [1.807, 2.05) is 42.5 Å². The monoisotopic (exact) mass is 357 g/mol. The number of carbonyl (C=O) groups excluding carboxylic acids is 1. The van der Waals surface area contributed by atoms with Gasteiger partial charge in [0.05, 0.1) is 11.4 Å². The highest BCUT2D eigenvalue weighted by Crippen LogP contribution is 2.30. The number of piperazine rings is 1. The first-order valence-corrected chi connectivity index (χ1v) is 9.08. The fraction of sp³-hybridized carbons (Fsp3) is 0.350. The van der Waals surface area contributed by atoms with Crippen molar-refractivity contribution in [2.45, 2.75) is 13.3 Å². The third-order valence-corrected chi connectivity index (χ3v) is 4.91. The molecule has 2 aromatic rings. The van der Waals surface area contributed by atoms with Gasteiger partial charge >= 0.3 is 0 Å². The number of carbonyl (C=O) groups is 1. The summed E-state index contributed by atoms with van der Waals surface area (Å²) in [7, 11) is 2.13. The fourth-order valence-corrected chi connectivity index (χ4v) is 3.19. The van der Waals surface area contributed by atoms with Crippen LogP contribution in [-0.4, -0.2) is 44.0 Å². The molecule has 0 aromatic heterocycles. The van der Waals surface area contributed by atoms with E-state index in [0.29, 0.717) is 10.6 Å². The molecule has 1 heterocycles. The maximum atomic E-state index is 12.6. The summed E-state index contributed by atoms with van der Waals surface area (Å²) in [5, 5.41) is 3.65. The normalized spacial score (nSPS) is 15.2. The maximum absolute atomic E-state index is 12.6. The number of nitrogens with zero attached hydrogens (tertiary/aromatic N) is 2. The number of likely N-dealkylation sites (N-methyl/N-ethyl adjacent to an activating group) is 1. The molecule has 3 rings (SSSR count). The first-order chi connectivity index (χ1) is 12.1. The van der Waals surface area contributed by atoms with Gasteiger partial charge in [0, 0.05) is 36.8 Å². The van der Waals surface area contributed by atoms with Crippen molar-refractivity contribution in [3.63, 3.8) is 0 Å². The molecule has 132 valence electrons. The Morgan fingerprint density at radius 3 is 2.40 bits per heavy atom. The molecule has 5 heteroatoms. The van der Waals surface area contributed by atoms with E-state index >= 15 is 0 Å². The molecular formula is C20H24ClN3O. The Kier molecular flexibility index (Phi) is 5.61. The zero-order valence-corrected chi connectivity index (χ0v) is 15.5. The lowest BCUT2D eigenvalue weighted by molar-refractivity contribution is 0.102. The van der Waals surface area contributed by atoms with E-state index < -0.39 is 0 Å². The fourth-order valence-electron chi connectivity index (χ4n) is 3.02. The van der Waals surface area contributed by atoms with E-state index in [1.165, 1.54) is 5.56 Å². The molecule has 0 unspecified atom stereocenters. The van der Waals surface area contributed by atoms with E-state index in [1.54, 1.807) is 0 Å². The summed E-state index contributed by atoms with van der Waals surface area (Å²) in [6.45, 7) is 5.99. The van der Waals surface area contributed by atoms with Crippen LogP contribution in [0.25, 0.3) is 0 Å². The van der Waals surface area contributed by atoms with Gasteiger partial charge in [0.1, 0.15) is 0 Å². The van der Waals surface area contributed by atoms with Gasteiger partial charge < -0.3 is 15.1 Å². The van der Waals surface area contributed by atoms with E-state index in [9.17, 15) is 4.79 Å². The lowest BCUT2D eigenvalue weighted by Crippen LogP contribution is -2.44. The molecule has 0 bridgehead atoms. The summed E-state index contributed by atoms with van der Waals surface area (Å²) in [6.07, 6.45) is 0.962. The second-order valence-electron chi connectivity index (χ2n) is 6.46. The molecule has 0 atom stereocenters. The van der Waals surface area contributed by atoms with Crippen LogP contribution in [0.2, 0.25) is 5.02 Å². The Morgan fingerprint density at radius 1 is 1.08 bits per heavy atom. The first-order valence-electron chi connectivity index (χ1n) is 8.70. The van der Waals surface area contributed by atoms with E-state index in [-0.39, 0.29) is 5.91 Å². The average molecular weight is 358 g/mol. The molecule has 4 nitrogen and oxygen atoms in total.